The number of carbonyl (C=O) groups is 1. The molecule has 0 amide bonds. The number of likely N-dealkylation sites (tertiary alicyclic amines) is 1. The van der Waals surface area contributed by atoms with Crippen molar-refractivity contribution < 1.29 is 14.3 Å². The molecular weight excluding hydrogens is 209 g/mol. The van der Waals surface area contributed by atoms with Crippen LogP contribution in [0.3, 0.4) is 0 Å². The Balaban J connectivity index is 2.33. The summed E-state index contributed by atoms with van der Waals surface area (Å²) in [5, 5.41) is 9.10. The highest BCUT2D eigenvalue weighted by molar-refractivity contribution is 5.72. The van der Waals surface area contributed by atoms with Crippen LogP contribution in [-0.4, -0.2) is 36.1 Å². The molecule has 16 heavy (non-hydrogen) atoms. The second-order valence-corrected chi connectivity index (χ2v) is 4.29. The van der Waals surface area contributed by atoms with Crippen LogP contribution in [0.1, 0.15) is 11.5 Å². The summed E-state index contributed by atoms with van der Waals surface area (Å²) in [5.41, 5.74) is 0.513. The van der Waals surface area contributed by atoms with E-state index in [1.807, 2.05) is 11.9 Å². The molecule has 1 heterocycles. The van der Waals surface area contributed by atoms with Gasteiger partial charge in [0, 0.05) is 19.0 Å². The zero-order valence-corrected chi connectivity index (χ0v) is 9.06. The number of rotatable bonds is 2. The average Bonchev–Trinajstić information content (AvgIpc) is 2.61. The molecule has 1 aliphatic heterocycles. The van der Waals surface area contributed by atoms with Gasteiger partial charge in [0.25, 0.3) is 0 Å². The molecule has 0 bridgehead atoms. The first-order valence-corrected chi connectivity index (χ1v) is 5.25. The van der Waals surface area contributed by atoms with Crippen LogP contribution in [0.5, 0.6) is 0 Å². The van der Waals surface area contributed by atoms with Gasteiger partial charge in [-0.1, -0.05) is 18.2 Å². The van der Waals surface area contributed by atoms with Crippen molar-refractivity contribution >= 4 is 5.97 Å². The normalized spacial score (nSPS) is 25.9. The van der Waals surface area contributed by atoms with Crippen molar-refractivity contribution in [2.45, 2.75) is 5.92 Å². The van der Waals surface area contributed by atoms with Crippen molar-refractivity contribution in [3.05, 3.63) is 35.6 Å². The Bertz CT molecular complexity index is 408. The van der Waals surface area contributed by atoms with Gasteiger partial charge >= 0.3 is 5.97 Å². The summed E-state index contributed by atoms with van der Waals surface area (Å²) in [6.45, 7) is 1.08. The van der Waals surface area contributed by atoms with E-state index in [0.717, 1.165) is 0 Å². The number of nitrogens with zero attached hydrogens (tertiary/aromatic N) is 1. The van der Waals surface area contributed by atoms with Gasteiger partial charge in [0.2, 0.25) is 0 Å². The van der Waals surface area contributed by atoms with Crippen LogP contribution in [0.25, 0.3) is 0 Å². The smallest absolute Gasteiger partial charge is 0.308 e. The summed E-state index contributed by atoms with van der Waals surface area (Å²) < 4.78 is 13.6. The number of carboxylic acids is 1. The Kier molecular flexibility index (Phi) is 2.92. The first-order valence-electron chi connectivity index (χ1n) is 5.25. The van der Waals surface area contributed by atoms with Crippen LogP contribution < -0.4 is 0 Å². The Morgan fingerprint density at radius 1 is 1.44 bits per heavy atom. The van der Waals surface area contributed by atoms with E-state index < -0.39 is 11.9 Å². The van der Waals surface area contributed by atoms with Crippen LogP contribution in [-0.2, 0) is 4.79 Å². The molecule has 0 spiro atoms. The predicted molar refractivity (Wildman–Crippen MR) is 57.8 cm³/mol. The number of hydrogen-bond donors (Lipinski definition) is 1. The molecule has 1 aliphatic rings. The minimum Gasteiger partial charge on any atom is -0.481 e. The summed E-state index contributed by atoms with van der Waals surface area (Å²) in [4.78, 5) is 13.0. The van der Waals surface area contributed by atoms with Crippen molar-refractivity contribution in [2.24, 2.45) is 5.92 Å². The van der Waals surface area contributed by atoms with Crippen LogP contribution >= 0.6 is 0 Å². The first-order chi connectivity index (χ1) is 7.59. The molecule has 0 radical (unpaired) electrons. The van der Waals surface area contributed by atoms with E-state index in [0.29, 0.717) is 18.7 Å². The van der Waals surface area contributed by atoms with Gasteiger partial charge in [-0.15, -0.1) is 0 Å². The lowest BCUT2D eigenvalue weighted by Crippen LogP contribution is -2.21. The molecule has 4 heteroatoms. The van der Waals surface area contributed by atoms with Crippen LogP contribution in [0.15, 0.2) is 24.3 Å². The highest BCUT2D eigenvalue weighted by atomic mass is 19.1. The molecule has 0 aromatic heterocycles. The van der Waals surface area contributed by atoms with Gasteiger partial charge in [-0.2, -0.15) is 0 Å². The minimum absolute atomic E-state index is 0.247. The topological polar surface area (TPSA) is 40.5 Å². The largest absolute Gasteiger partial charge is 0.481 e. The molecule has 1 aromatic carbocycles. The summed E-state index contributed by atoms with van der Waals surface area (Å²) in [6, 6.07) is 6.42. The Labute approximate surface area is 93.5 Å². The first kappa shape index (κ1) is 11.1. The van der Waals surface area contributed by atoms with Crippen molar-refractivity contribution in [3.63, 3.8) is 0 Å². The lowest BCUT2D eigenvalue weighted by atomic mass is 9.89. The van der Waals surface area contributed by atoms with E-state index in [9.17, 15) is 9.18 Å². The Hall–Kier alpha value is -1.42. The highest BCUT2D eigenvalue weighted by Gasteiger charge is 2.37. The summed E-state index contributed by atoms with van der Waals surface area (Å²) >= 11 is 0. The van der Waals surface area contributed by atoms with E-state index in [1.165, 1.54) is 6.07 Å². The van der Waals surface area contributed by atoms with Gasteiger partial charge in [-0.25, -0.2) is 4.39 Å². The molecule has 86 valence electrons. The van der Waals surface area contributed by atoms with E-state index in [4.69, 9.17) is 5.11 Å². The van der Waals surface area contributed by atoms with Gasteiger partial charge in [0.05, 0.1) is 5.92 Å². The van der Waals surface area contributed by atoms with Crippen LogP contribution in [0.4, 0.5) is 4.39 Å². The molecule has 1 fully saturated rings. The number of aliphatic carboxylic acids is 1. The van der Waals surface area contributed by atoms with Gasteiger partial charge in [0.15, 0.2) is 0 Å². The maximum absolute atomic E-state index is 13.6. The molecule has 1 saturated heterocycles. The molecule has 0 unspecified atom stereocenters. The van der Waals surface area contributed by atoms with E-state index in [-0.39, 0.29) is 11.7 Å². The zero-order chi connectivity index (χ0) is 11.7. The lowest BCUT2D eigenvalue weighted by molar-refractivity contribution is -0.141. The van der Waals surface area contributed by atoms with Crippen molar-refractivity contribution in [3.8, 4) is 0 Å². The number of likely N-dealkylation sites (N-methyl/N-ethyl adjacent to an activating group) is 1. The van der Waals surface area contributed by atoms with E-state index >= 15 is 0 Å². The summed E-state index contributed by atoms with van der Waals surface area (Å²) in [6.07, 6.45) is 0. The van der Waals surface area contributed by atoms with Crippen molar-refractivity contribution in [1.82, 2.24) is 4.90 Å². The zero-order valence-electron chi connectivity index (χ0n) is 9.06. The molecule has 1 N–H and O–H groups in total. The van der Waals surface area contributed by atoms with Gasteiger partial charge in [0.1, 0.15) is 5.82 Å². The molecule has 2 rings (SSSR count). The Morgan fingerprint density at radius 2 is 2.12 bits per heavy atom. The number of halogens is 1. The summed E-state index contributed by atoms with van der Waals surface area (Å²) in [7, 11) is 1.86. The molecule has 0 saturated carbocycles. The Morgan fingerprint density at radius 3 is 2.75 bits per heavy atom. The SMILES string of the molecule is CN1C[C@H](C(=O)O)[C@@H](c2ccccc2F)C1. The van der Waals surface area contributed by atoms with Gasteiger partial charge < -0.3 is 10.0 Å². The summed E-state index contributed by atoms with van der Waals surface area (Å²) in [5.74, 6) is -1.92. The fraction of sp³-hybridized carbons (Fsp3) is 0.417. The third-order valence-corrected chi connectivity index (χ3v) is 3.12. The quantitative estimate of drug-likeness (QED) is 0.827. The van der Waals surface area contributed by atoms with Crippen molar-refractivity contribution in [1.29, 1.82) is 0 Å². The molecule has 2 atom stereocenters. The maximum Gasteiger partial charge on any atom is 0.308 e. The number of carboxylic acid groups (broad SMARTS) is 1. The number of hydrogen-bond acceptors (Lipinski definition) is 2. The highest BCUT2D eigenvalue weighted by Crippen LogP contribution is 2.33. The fourth-order valence-electron chi connectivity index (χ4n) is 2.34. The fourth-order valence-corrected chi connectivity index (χ4v) is 2.34. The van der Waals surface area contributed by atoms with Crippen LogP contribution in [0.2, 0.25) is 0 Å². The van der Waals surface area contributed by atoms with Gasteiger partial charge in [-0.3, -0.25) is 4.79 Å². The molecule has 0 aliphatic carbocycles. The average molecular weight is 223 g/mol. The third-order valence-electron chi connectivity index (χ3n) is 3.12. The monoisotopic (exact) mass is 223 g/mol. The van der Waals surface area contributed by atoms with Crippen molar-refractivity contribution in [2.75, 3.05) is 20.1 Å². The van der Waals surface area contributed by atoms with E-state index in [1.54, 1.807) is 18.2 Å². The van der Waals surface area contributed by atoms with E-state index in [2.05, 4.69) is 0 Å². The predicted octanol–water partition coefficient (Wildman–Crippen LogP) is 1.56. The second-order valence-electron chi connectivity index (χ2n) is 4.29. The standard InChI is InChI=1S/C12H14FNO2/c1-14-6-9(10(7-14)12(15)16)8-4-2-3-5-11(8)13/h2-5,9-10H,6-7H2,1H3,(H,15,16)/t9-,10+/m1/s1. The second kappa shape index (κ2) is 4.22. The number of benzene rings is 1. The third kappa shape index (κ3) is 1.93. The maximum atomic E-state index is 13.6. The lowest BCUT2D eigenvalue weighted by Gasteiger charge is -2.15. The molecule has 3 nitrogen and oxygen atoms in total. The van der Waals surface area contributed by atoms with Crippen LogP contribution in [0, 0.1) is 11.7 Å². The minimum atomic E-state index is -0.849. The van der Waals surface area contributed by atoms with Gasteiger partial charge in [-0.05, 0) is 18.7 Å². The molecule has 1 aromatic rings. The molecular formula is C12H14FNO2.